The Bertz CT molecular complexity index is 485. The second-order valence-electron chi connectivity index (χ2n) is 4.68. The second-order valence-corrected chi connectivity index (χ2v) is 5.12. The third kappa shape index (κ3) is 3.20. The van der Waals surface area contributed by atoms with Crippen molar-refractivity contribution >= 4 is 28.8 Å². The molecule has 1 fully saturated rings. The Morgan fingerprint density at radius 3 is 2.84 bits per heavy atom. The molecule has 1 atom stereocenters. The van der Waals surface area contributed by atoms with Gasteiger partial charge in [0.25, 0.3) is 0 Å². The fraction of sp³-hybridized carbons (Fsp3) is 0.462. The van der Waals surface area contributed by atoms with Gasteiger partial charge in [-0.05, 0) is 25.8 Å². The maximum atomic E-state index is 12.2. The number of carbonyl (C=O) groups excluding carboxylic acids is 1. The van der Waals surface area contributed by atoms with Gasteiger partial charge in [0.05, 0.1) is 11.9 Å². The zero-order valence-electron chi connectivity index (χ0n) is 10.9. The van der Waals surface area contributed by atoms with Crippen molar-refractivity contribution in [2.75, 3.05) is 18.4 Å². The van der Waals surface area contributed by atoms with E-state index >= 15 is 0 Å². The van der Waals surface area contributed by atoms with Gasteiger partial charge < -0.3 is 16.0 Å². The Labute approximate surface area is 118 Å². The van der Waals surface area contributed by atoms with Gasteiger partial charge in [-0.25, -0.2) is 0 Å². The van der Waals surface area contributed by atoms with Gasteiger partial charge in [0.15, 0.2) is 0 Å². The van der Waals surface area contributed by atoms with Crippen molar-refractivity contribution in [2.45, 2.75) is 25.8 Å². The third-order valence-corrected chi connectivity index (χ3v) is 3.47. The summed E-state index contributed by atoms with van der Waals surface area (Å²) >= 11 is 4.99. The number of rotatable bonds is 4. The van der Waals surface area contributed by atoms with Crippen LogP contribution in [0, 0.1) is 0 Å². The molecule has 3 N–H and O–H groups in total. The Morgan fingerprint density at radius 1 is 1.53 bits per heavy atom. The number of anilines is 1. The molecule has 19 heavy (non-hydrogen) atoms. The van der Waals surface area contributed by atoms with Gasteiger partial charge in [0.1, 0.15) is 11.0 Å². The zero-order valence-corrected chi connectivity index (χ0v) is 11.7. The van der Waals surface area contributed by atoms with Crippen molar-refractivity contribution in [3.8, 4) is 0 Å². The van der Waals surface area contributed by atoms with Gasteiger partial charge in [-0.3, -0.25) is 9.78 Å². The van der Waals surface area contributed by atoms with Gasteiger partial charge in [-0.15, -0.1) is 0 Å². The molecule has 0 radical (unpaired) electrons. The standard InChI is InChI=1S/C13H18N4OS/c1-9(13(18)17-6-2-3-7-17)16-11-8-15-5-4-10(11)12(14)19/h4-5,8-9,16H,2-3,6-7H2,1H3,(H2,14,19). The molecule has 1 aliphatic rings. The number of nitrogens with two attached hydrogens (primary N) is 1. The lowest BCUT2D eigenvalue weighted by atomic mass is 10.2. The largest absolute Gasteiger partial charge is 0.389 e. The van der Waals surface area contributed by atoms with E-state index in [1.807, 2.05) is 11.8 Å². The molecule has 0 spiro atoms. The van der Waals surface area contributed by atoms with E-state index in [9.17, 15) is 4.79 Å². The monoisotopic (exact) mass is 278 g/mol. The number of aromatic nitrogens is 1. The average Bonchev–Trinajstić information content (AvgIpc) is 2.92. The van der Waals surface area contributed by atoms with Crippen LogP contribution in [0.4, 0.5) is 5.69 Å². The molecule has 6 heteroatoms. The minimum atomic E-state index is -0.310. The van der Waals surface area contributed by atoms with Crippen LogP contribution in [-0.2, 0) is 4.79 Å². The summed E-state index contributed by atoms with van der Waals surface area (Å²) in [4.78, 5) is 18.4. The summed E-state index contributed by atoms with van der Waals surface area (Å²) < 4.78 is 0. The molecule has 1 saturated heterocycles. The van der Waals surface area contributed by atoms with E-state index < -0.39 is 0 Å². The maximum Gasteiger partial charge on any atom is 0.244 e. The molecule has 1 unspecified atom stereocenters. The molecule has 1 aromatic heterocycles. The molecule has 5 nitrogen and oxygen atoms in total. The Morgan fingerprint density at radius 2 is 2.21 bits per heavy atom. The van der Waals surface area contributed by atoms with Crippen LogP contribution in [0.25, 0.3) is 0 Å². The molecular weight excluding hydrogens is 260 g/mol. The van der Waals surface area contributed by atoms with Crippen molar-refractivity contribution in [2.24, 2.45) is 5.73 Å². The molecule has 1 aliphatic heterocycles. The third-order valence-electron chi connectivity index (χ3n) is 3.25. The predicted molar refractivity (Wildman–Crippen MR) is 79.0 cm³/mol. The number of amides is 1. The normalized spacial score (nSPS) is 16.2. The highest BCUT2D eigenvalue weighted by molar-refractivity contribution is 7.80. The van der Waals surface area contributed by atoms with Crippen LogP contribution in [0.1, 0.15) is 25.3 Å². The number of hydrogen-bond acceptors (Lipinski definition) is 4. The summed E-state index contributed by atoms with van der Waals surface area (Å²) in [5.41, 5.74) is 7.07. The van der Waals surface area contributed by atoms with Crippen LogP contribution in [0.3, 0.4) is 0 Å². The molecule has 0 aliphatic carbocycles. The van der Waals surface area contributed by atoms with E-state index in [1.165, 1.54) is 0 Å². The number of hydrogen-bond donors (Lipinski definition) is 2. The maximum absolute atomic E-state index is 12.2. The fourth-order valence-electron chi connectivity index (χ4n) is 2.23. The number of carbonyl (C=O) groups is 1. The van der Waals surface area contributed by atoms with Crippen molar-refractivity contribution in [3.05, 3.63) is 24.0 Å². The van der Waals surface area contributed by atoms with Crippen LogP contribution < -0.4 is 11.1 Å². The molecule has 102 valence electrons. The molecule has 1 aromatic rings. The molecule has 2 heterocycles. The first-order valence-corrected chi connectivity index (χ1v) is 6.79. The number of nitrogens with one attached hydrogen (secondary N) is 1. The number of nitrogens with zero attached hydrogens (tertiary/aromatic N) is 2. The van der Waals surface area contributed by atoms with Gasteiger partial charge >= 0.3 is 0 Å². The van der Waals surface area contributed by atoms with E-state index in [0.29, 0.717) is 16.2 Å². The summed E-state index contributed by atoms with van der Waals surface area (Å²) in [6, 6.07) is 1.44. The van der Waals surface area contributed by atoms with E-state index in [0.717, 1.165) is 25.9 Å². The lowest BCUT2D eigenvalue weighted by molar-refractivity contribution is -0.130. The van der Waals surface area contributed by atoms with E-state index in [-0.39, 0.29) is 11.9 Å². The molecule has 1 amide bonds. The highest BCUT2D eigenvalue weighted by Crippen LogP contribution is 2.16. The van der Waals surface area contributed by atoms with Gasteiger partial charge in [0.2, 0.25) is 5.91 Å². The molecule has 0 saturated carbocycles. The Balaban J connectivity index is 2.08. The quantitative estimate of drug-likeness (QED) is 0.808. The molecular formula is C13H18N4OS. The van der Waals surface area contributed by atoms with Crippen LogP contribution in [0.2, 0.25) is 0 Å². The van der Waals surface area contributed by atoms with Gasteiger partial charge in [0, 0.05) is 24.8 Å². The first kappa shape index (κ1) is 13.7. The number of pyridine rings is 1. The Kier molecular flexibility index (Phi) is 4.31. The minimum absolute atomic E-state index is 0.107. The van der Waals surface area contributed by atoms with Crippen molar-refractivity contribution < 1.29 is 4.79 Å². The van der Waals surface area contributed by atoms with Crippen LogP contribution in [0.15, 0.2) is 18.5 Å². The number of likely N-dealkylation sites (tertiary alicyclic amines) is 1. The van der Waals surface area contributed by atoms with Crippen molar-refractivity contribution in [1.82, 2.24) is 9.88 Å². The minimum Gasteiger partial charge on any atom is -0.389 e. The first-order valence-electron chi connectivity index (χ1n) is 6.38. The summed E-state index contributed by atoms with van der Waals surface area (Å²) in [5.74, 6) is 0.107. The van der Waals surface area contributed by atoms with Crippen LogP contribution >= 0.6 is 12.2 Å². The summed E-state index contributed by atoms with van der Waals surface area (Å²) in [6.45, 7) is 3.54. The Hall–Kier alpha value is -1.69. The smallest absolute Gasteiger partial charge is 0.244 e. The SMILES string of the molecule is CC(Nc1cnccc1C(N)=S)C(=O)N1CCCC1. The lowest BCUT2D eigenvalue weighted by Crippen LogP contribution is -2.40. The van der Waals surface area contributed by atoms with Gasteiger partial charge in [-0.1, -0.05) is 12.2 Å². The predicted octanol–water partition coefficient (Wildman–Crippen LogP) is 1.14. The molecule has 0 bridgehead atoms. The summed E-state index contributed by atoms with van der Waals surface area (Å²) in [5, 5.41) is 3.15. The average molecular weight is 278 g/mol. The van der Waals surface area contributed by atoms with E-state index in [2.05, 4.69) is 10.3 Å². The first-order chi connectivity index (χ1) is 9.09. The topological polar surface area (TPSA) is 71.2 Å². The van der Waals surface area contributed by atoms with Crippen LogP contribution in [0.5, 0.6) is 0 Å². The van der Waals surface area contributed by atoms with Crippen molar-refractivity contribution in [3.63, 3.8) is 0 Å². The summed E-state index contributed by atoms with van der Waals surface area (Å²) in [6.07, 6.45) is 5.45. The second kappa shape index (κ2) is 5.97. The molecule has 0 aromatic carbocycles. The van der Waals surface area contributed by atoms with Crippen molar-refractivity contribution in [1.29, 1.82) is 0 Å². The van der Waals surface area contributed by atoms with Crippen LogP contribution in [-0.4, -0.2) is 39.9 Å². The van der Waals surface area contributed by atoms with Gasteiger partial charge in [-0.2, -0.15) is 0 Å². The van der Waals surface area contributed by atoms with E-state index in [4.69, 9.17) is 18.0 Å². The zero-order chi connectivity index (χ0) is 13.8. The summed E-state index contributed by atoms with van der Waals surface area (Å²) in [7, 11) is 0. The lowest BCUT2D eigenvalue weighted by Gasteiger charge is -2.22. The number of thiocarbonyl (C=S) groups is 1. The highest BCUT2D eigenvalue weighted by atomic mass is 32.1. The molecule has 2 rings (SSSR count). The van der Waals surface area contributed by atoms with E-state index in [1.54, 1.807) is 18.5 Å². The highest BCUT2D eigenvalue weighted by Gasteiger charge is 2.23. The fourth-order valence-corrected chi connectivity index (χ4v) is 2.41.